The van der Waals surface area contributed by atoms with Crippen LogP contribution in [0.4, 0.5) is 10.1 Å². The zero-order valence-corrected chi connectivity index (χ0v) is 11.7. The summed E-state index contributed by atoms with van der Waals surface area (Å²) in [7, 11) is 0. The van der Waals surface area contributed by atoms with Crippen molar-refractivity contribution in [3.05, 3.63) is 29.6 Å². The minimum absolute atomic E-state index is 0.0242. The van der Waals surface area contributed by atoms with Crippen LogP contribution in [-0.4, -0.2) is 41.0 Å². The molecule has 1 aliphatic carbocycles. The van der Waals surface area contributed by atoms with Crippen molar-refractivity contribution >= 4 is 17.5 Å². The first-order valence-corrected chi connectivity index (χ1v) is 7.03. The van der Waals surface area contributed by atoms with Crippen LogP contribution in [0.3, 0.4) is 0 Å². The van der Waals surface area contributed by atoms with Gasteiger partial charge in [-0.2, -0.15) is 0 Å². The molecule has 5 nitrogen and oxygen atoms in total. The number of hydrogen-bond donors (Lipinski definition) is 2. The highest BCUT2D eigenvalue weighted by Crippen LogP contribution is 2.38. The number of anilines is 1. The smallest absolute Gasteiger partial charge is 0.256 e. The Kier molecular flexibility index (Phi) is 3.41. The summed E-state index contributed by atoms with van der Waals surface area (Å²) >= 11 is 0. The number of carbonyl (C=O) groups excluding carboxylic acids is 2. The van der Waals surface area contributed by atoms with Crippen molar-refractivity contribution in [2.24, 2.45) is 11.8 Å². The van der Waals surface area contributed by atoms with E-state index < -0.39 is 11.9 Å². The average molecular weight is 292 g/mol. The number of aliphatic hydroxyl groups is 1. The third-order valence-electron chi connectivity index (χ3n) is 4.07. The molecule has 2 atom stereocenters. The van der Waals surface area contributed by atoms with Crippen molar-refractivity contribution in [3.63, 3.8) is 0 Å². The highest BCUT2D eigenvalue weighted by molar-refractivity contribution is 6.04. The topological polar surface area (TPSA) is 69.6 Å². The first kappa shape index (κ1) is 14.0. The molecule has 1 saturated heterocycles. The van der Waals surface area contributed by atoms with Crippen LogP contribution in [0.5, 0.6) is 0 Å². The predicted octanol–water partition coefficient (Wildman–Crippen LogP) is 1.24. The maximum Gasteiger partial charge on any atom is 0.256 e. The Hall–Kier alpha value is -1.95. The van der Waals surface area contributed by atoms with Crippen LogP contribution in [-0.2, 0) is 4.79 Å². The lowest BCUT2D eigenvalue weighted by atomic mass is 10.1. The lowest BCUT2D eigenvalue weighted by Gasteiger charge is -2.36. The van der Waals surface area contributed by atoms with Crippen molar-refractivity contribution in [3.8, 4) is 0 Å². The van der Waals surface area contributed by atoms with E-state index in [1.54, 1.807) is 0 Å². The Labute approximate surface area is 121 Å². The number of halogens is 1. The molecule has 0 radical (unpaired) electrons. The molecule has 1 aromatic rings. The fourth-order valence-corrected chi connectivity index (χ4v) is 2.51. The number of nitrogens with one attached hydrogen (secondary N) is 1. The van der Waals surface area contributed by atoms with Crippen LogP contribution in [0, 0.1) is 17.7 Å². The monoisotopic (exact) mass is 292 g/mol. The third kappa shape index (κ3) is 2.76. The SMILES string of the molecule is CC1CC1C(=O)Nc1ccc(F)cc1C(=O)N1CC(O)C1. The third-order valence-corrected chi connectivity index (χ3v) is 4.07. The van der Waals surface area contributed by atoms with Crippen LogP contribution in [0.15, 0.2) is 18.2 Å². The van der Waals surface area contributed by atoms with Gasteiger partial charge in [0.1, 0.15) is 5.82 Å². The van der Waals surface area contributed by atoms with Crippen molar-refractivity contribution in [2.45, 2.75) is 19.4 Å². The molecule has 3 rings (SSSR count). The molecule has 1 aromatic carbocycles. The summed E-state index contributed by atoms with van der Waals surface area (Å²) in [6, 6.07) is 3.75. The van der Waals surface area contributed by atoms with Crippen molar-refractivity contribution in [2.75, 3.05) is 18.4 Å². The van der Waals surface area contributed by atoms with Gasteiger partial charge in [0.05, 0.1) is 17.4 Å². The van der Waals surface area contributed by atoms with Gasteiger partial charge in [-0.05, 0) is 30.5 Å². The Bertz CT molecular complexity index is 599. The molecule has 0 spiro atoms. The number of β-amino-alcohol motifs (C(OH)–C–C–N with tert-alkyl or cyclic N) is 1. The van der Waals surface area contributed by atoms with Gasteiger partial charge in [-0.1, -0.05) is 6.92 Å². The van der Waals surface area contributed by atoms with E-state index in [9.17, 15) is 19.1 Å². The lowest BCUT2D eigenvalue weighted by molar-refractivity contribution is -0.117. The molecule has 2 fully saturated rings. The predicted molar refractivity (Wildman–Crippen MR) is 74.2 cm³/mol. The second-order valence-electron chi connectivity index (χ2n) is 5.86. The van der Waals surface area contributed by atoms with Crippen molar-refractivity contribution in [1.29, 1.82) is 0 Å². The zero-order valence-electron chi connectivity index (χ0n) is 11.7. The molecule has 1 saturated carbocycles. The number of amides is 2. The van der Waals surface area contributed by atoms with Gasteiger partial charge in [0.2, 0.25) is 5.91 Å². The minimum atomic E-state index is -0.530. The minimum Gasteiger partial charge on any atom is -0.389 e. The van der Waals surface area contributed by atoms with E-state index in [4.69, 9.17) is 0 Å². The fourth-order valence-electron chi connectivity index (χ4n) is 2.51. The normalized spacial score (nSPS) is 24.4. The highest BCUT2D eigenvalue weighted by Gasteiger charge is 2.39. The van der Waals surface area contributed by atoms with Gasteiger partial charge in [0.15, 0.2) is 0 Å². The van der Waals surface area contributed by atoms with E-state index in [-0.39, 0.29) is 36.4 Å². The molecule has 6 heteroatoms. The molecule has 21 heavy (non-hydrogen) atoms. The van der Waals surface area contributed by atoms with Gasteiger partial charge in [-0.3, -0.25) is 9.59 Å². The summed E-state index contributed by atoms with van der Waals surface area (Å²) in [6.07, 6.45) is 0.321. The number of likely N-dealkylation sites (tertiary alicyclic amines) is 1. The van der Waals surface area contributed by atoms with Gasteiger partial charge < -0.3 is 15.3 Å². The number of nitrogens with zero attached hydrogens (tertiary/aromatic N) is 1. The van der Waals surface area contributed by atoms with Crippen molar-refractivity contribution < 1.29 is 19.1 Å². The highest BCUT2D eigenvalue weighted by atomic mass is 19.1. The first-order valence-electron chi connectivity index (χ1n) is 7.03. The van der Waals surface area contributed by atoms with E-state index in [0.29, 0.717) is 11.6 Å². The summed E-state index contributed by atoms with van der Waals surface area (Å²) in [5, 5.41) is 12.0. The molecular weight excluding hydrogens is 275 g/mol. The molecule has 1 aliphatic heterocycles. The van der Waals surface area contributed by atoms with Crippen molar-refractivity contribution in [1.82, 2.24) is 4.90 Å². The number of benzene rings is 1. The van der Waals surface area contributed by atoms with Crippen LogP contribution in [0.25, 0.3) is 0 Å². The molecule has 2 aliphatic rings. The molecule has 0 bridgehead atoms. The summed E-state index contributed by atoms with van der Waals surface area (Å²) in [6.45, 7) is 2.47. The molecule has 2 amide bonds. The number of carbonyl (C=O) groups is 2. The molecule has 0 aromatic heterocycles. The number of rotatable bonds is 3. The van der Waals surface area contributed by atoms with Crippen LogP contribution in [0.1, 0.15) is 23.7 Å². The second-order valence-corrected chi connectivity index (χ2v) is 5.86. The Morgan fingerprint density at radius 2 is 2.05 bits per heavy atom. The Balaban J connectivity index is 1.79. The summed E-state index contributed by atoms with van der Waals surface area (Å²) in [5.74, 6) is -0.707. The van der Waals surface area contributed by atoms with Gasteiger partial charge in [0.25, 0.3) is 5.91 Å². The average Bonchev–Trinajstić information content (AvgIpc) is 3.13. The largest absolute Gasteiger partial charge is 0.389 e. The Morgan fingerprint density at radius 3 is 2.62 bits per heavy atom. The molecule has 112 valence electrons. The molecular formula is C15H17FN2O3. The van der Waals surface area contributed by atoms with E-state index in [1.807, 2.05) is 6.92 Å². The second kappa shape index (κ2) is 5.11. The lowest BCUT2D eigenvalue weighted by Crippen LogP contribution is -2.53. The van der Waals surface area contributed by atoms with E-state index in [2.05, 4.69) is 5.32 Å². The molecule has 2 N–H and O–H groups in total. The maximum atomic E-state index is 13.4. The Morgan fingerprint density at radius 1 is 1.38 bits per heavy atom. The van der Waals surface area contributed by atoms with E-state index >= 15 is 0 Å². The van der Waals surface area contributed by atoms with Gasteiger partial charge in [-0.15, -0.1) is 0 Å². The fraction of sp³-hybridized carbons (Fsp3) is 0.467. The van der Waals surface area contributed by atoms with Crippen LogP contribution < -0.4 is 5.32 Å². The number of hydrogen-bond acceptors (Lipinski definition) is 3. The summed E-state index contributed by atoms with van der Waals surface area (Å²) in [5.41, 5.74) is 0.454. The maximum absolute atomic E-state index is 13.4. The zero-order chi connectivity index (χ0) is 15.1. The quantitative estimate of drug-likeness (QED) is 0.880. The summed E-state index contributed by atoms with van der Waals surface area (Å²) < 4.78 is 13.4. The first-order chi connectivity index (χ1) is 9.95. The van der Waals surface area contributed by atoms with Crippen LogP contribution >= 0.6 is 0 Å². The van der Waals surface area contributed by atoms with E-state index in [0.717, 1.165) is 12.5 Å². The van der Waals surface area contributed by atoms with Crippen LogP contribution in [0.2, 0.25) is 0 Å². The van der Waals surface area contributed by atoms with Gasteiger partial charge in [0, 0.05) is 19.0 Å². The molecule has 1 heterocycles. The number of aliphatic hydroxyl groups excluding tert-OH is 1. The van der Waals surface area contributed by atoms with E-state index in [1.165, 1.54) is 17.0 Å². The van der Waals surface area contributed by atoms with Gasteiger partial charge >= 0.3 is 0 Å². The van der Waals surface area contributed by atoms with Gasteiger partial charge in [-0.25, -0.2) is 4.39 Å². The summed E-state index contributed by atoms with van der Waals surface area (Å²) in [4.78, 5) is 25.7. The molecule has 2 unspecified atom stereocenters. The standard InChI is InChI=1S/C15H17FN2O3/c1-8-4-11(8)14(20)17-13-3-2-9(16)5-12(13)15(21)18-6-10(19)7-18/h2-3,5,8,10-11,19H,4,6-7H2,1H3,(H,17,20).